The number of nitrogens with zero attached hydrogens (tertiary/aromatic N) is 2. The summed E-state index contributed by atoms with van der Waals surface area (Å²) in [4.78, 5) is -0.456. The first-order chi connectivity index (χ1) is 10.5. The molecular formula is C15H14FN3O2S. The van der Waals surface area contributed by atoms with Crippen LogP contribution in [0.3, 0.4) is 0 Å². The first-order valence-electron chi connectivity index (χ1n) is 6.52. The Kier molecular flexibility index (Phi) is 4.75. The van der Waals surface area contributed by atoms with Crippen LogP contribution in [-0.2, 0) is 16.4 Å². The molecule has 5 nitrogen and oxygen atoms in total. The largest absolute Gasteiger partial charge is 0.573 e. The van der Waals surface area contributed by atoms with Gasteiger partial charge in [0.15, 0.2) is 0 Å². The molecule has 0 fully saturated rings. The highest BCUT2D eigenvalue weighted by atomic mass is 32.2. The standard InChI is InChI=1S/C15H13FN3O2S/c16-14-6-3-11(7-8-17)9-15(14)22(20,21)19-13-4-1-12(10-18)2-5-13/h1-6,9H,7-8,17H2/q-1/p+1. The van der Waals surface area contributed by atoms with Gasteiger partial charge >= 0.3 is 0 Å². The Balaban J connectivity index is 2.33. The van der Waals surface area contributed by atoms with E-state index < -0.39 is 20.7 Å². The van der Waals surface area contributed by atoms with Crippen molar-refractivity contribution in [1.29, 1.82) is 5.26 Å². The third-order valence-corrected chi connectivity index (χ3v) is 4.28. The molecule has 0 spiro atoms. The minimum atomic E-state index is -4.16. The molecule has 3 N–H and O–H groups in total. The summed E-state index contributed by atoms with van der Waals surface area (Å²) < 4.78 is 41.9. The predicted molar refractivity (Wildman–Crippen MR) is 79.2 cm³/mol. The molecular weight excluding hydrogens is 305 g/mol. The number of hydrogen-bond donors (Lipinski definition) is 1. The third kappa shape index (κ3) is 3.61. The van der Waals surface area contributed by atoms with Crippen molar-refractivity contribution in [3.8, 4) is 6.07 Å². The Hall–Kier alpha value is -2.43. The van der Waals surface area contributed by atoms with E-state index in [2.05, 4.69) is 10.5 Å². The van der Waals surface area contributed by atoms with Gasteiger partial charge in [-0.3, -0.25) is 0 Å². The van der Waals surface area contributed by atoms with E-state index in [9.17, 15) is 12.8 Å². The quantitative estimate of drug-likeness (QED) is 0.910. The lowest BCUT2D eigenvalue weighted by Crippen LogP contribution is -2.51. The maximum absolute atomic E-state index is 13.8. The second-order valence-corrected chi connectivity index (χ2v) is 6.17. The number of benzene rings is 2. The van der Waals surface area contributed by atoms with Gasteiger partial charge in [-0.1, -0.05) is 18.2 Å². The Labute approximate surface area is 128 Å². The van der Waals surface area contributed by atoms with E-state index in [1.54, 1.807) is 0 Å². The lowest BCUT2D eigenvalue weighted by atomic mass is 10.1. The van der Waals surface area contributed by atoms with Crippen LogP contribution in [0.1, 0.15) is 11.1 Å². The van der Waals surface area contributed by atoms with Crippen molar-refractivity contribution < 1.29 is 18.5 Å². The summed E-state index contributed by atoms with van der Waals surface area (Å²) in [5, 5.41) is 8.70. The van der Waals surface area contributed by atoms with E-state index in [0.29, 0.717) is 24.1 Å². The van der Waals surface area contributed by atoms with E-state index >= 15 is 0 Å². The highest BCUT2D eigenvalue weighted by Crippen LogP contribution is 2.29. The molecule has 2 rings (SSSR count). The second-order valence-electron chi connectivity index (χ2n) is 4.59. The fourth-order valence-corrected chi connectivity index (χ4v) is 3.00. The zero-order valence-corrected chi connectivity index (χ0v) is 12.5. The number of rotatable bonds is 5. The number of quaternary nitrogens is 1. The molecule has 0 radical (unpaired) electrons. The summed E-state index contributed by atoms with van der Waals surface area (Å²) >= 11 is 0. The molecule has 0 heterocycles. The number of halogens is 1. The van der Waals surface area contributed by atoms with Gasteiger partial charge < -0.3 is 10.5 Å². The molecule has 0 saturated carbocycles. The Morgan fingerprint density at radius 2 is 1.86 bits per heavy atom. The minimum absolute atomic E-state index is 0.140. The Morgan fingerprint density at radius 1 is 1.18 bits per heavy atom. The van der Waals surface area contributed by atoms with Crippen molar-refractivity contribution in [3.05, 3.63) is 64.1 Å². The average molecular weight is 319 g/mol. The predicted octanol–water partition coefficient (Wildman–Crippen LogP) is 1.88. The van der Waals surface area contributed by atoms with Crippen molar-refractivity contribution in [3.63, 3.8) is 0 Å². The van der Waals surface area contributed by atoms with Gasteiger partial charge in [0.25, 0.3) is 0 Å². The normalized spacial score (nSPS) is 11.0. The molecule has 2 aromatic carbocycles. The summed E-state index contributed by atoms with van der Waals surface area (Å²) in [6.07, 6.45) is 0.555. The zero-order valence-electron chi connectivity index (χ0n) is 11.7. The monoisotopic (exact) mass is 319 g/mol. The van der Waals surface area contributed by atoms with Gasteiger partial charge in [0.1, 0.15) is 15.8 Å². The highest BCUT2D eigenvalue weighted by molar-refractivity contribution is 7.94. The summed E-state index contributed by atoms with van der Waals surface area (Å²) in [6, 6.07) is 11.5. The first-order valence-corrected chi connectivity index (χ1v) is 7.96. The molecule has 114 valence electrons. The van der Waals surface area contributed by atoms with Crippen LogP contribution in [-0.4, -0.2) is 15.0 Å². The third-order valence-electron chi connectivity index (χ3n) is 2.96. The van der Waals surface area contributed by atoms with Crippen LogP contribution < -0.4 is 5.73 Å². The van der Waals surface area contributed by atoms with Gasteiger partial charge in [-0.05, 0) is 29.8 Å². The fraction of sp³-hybridized carbons (Fsp3) is 0.133. The van der Waals surface area contributed by atoms with E-state index in [0.717, 1.165) is 6.07 Å². The molecule has 22 heavy (non-hydrogen) atoms. The summed E-state index contributed by atoms with van der Waals surface area (Å²) in [7, 11) is -4.16. The maximum Gasteiger partial charge on any atom is 0.140 e. The van der Waals surface area contributed by atoms with Gasteiger partial charge in [0, 0.05) is 6.42 Å². The van der Waals surface area contributed by atoms with Gasteiger partial charge in [-0.15, -0.1) is 5.69 Å². The molecule has 0 saturated heterocycles. The molecule has 0 aliphatic heterocycles. The fourth-order valence-electron chi connectivity index (χ4n) is 1.89. The average Bonchev–Trinajstić information content (AvgIpc) is 2.50. The summed E-state index contributed by atoms with van der Waals surface area (Å²) in [6.45, 7) is 0.581. The first kappa shape index (κ1) is 15.9. The van der Waals surface area contributed by atoms with E-state index in [1.165, 1.54) is 36.4 Å². The topological polar surface area (TPSA) is 99.7 Å². The molecule has 2 aromatic rings. The molecule has 0 aliphatic rings. The van der Waals surface area contributed by atoms with Crippen molar-refractivity contribution in [2.75, 3.05) is 6.54 Å². The van der Waals surface area contributed by atoms with Crippen molar-refractivity contribution in [2.24, 2.45) is 0 Å². The summed E-state index contributed by atoms with van der Waals surface area (Å²) in [5.41, 5.74) is 4.90. The molecule has 0 unspecified atom stereocenters. The van der Waals surface area contributed by atoms with Crippen LogP contribution in [0.4, 0.5) is 10.1 Å². The van der Waals surface area contributed by atoms with Crippen molar-refractivity contribution >= 4 is 15.7 Å². The molecule has 0 aromatic heterocycles. The van der Waals surface area contributed by atoms with Crippen molar-refractivity contribution in [2.45, 2.75) is 11.3 Å². The lowest BCUT2D eigenvalue weighted by Gasteiger charge is -2.22. The molecule has 7 heteroatoms. The van der Waals surface area contributed by atoms with E-state index in [-0.39, 0.29) is 5.69 Å². The molecule has 0 amide bonds. The van der Waals surface area contributed by atoms with Crippen LogP contribution >= 0.6 is 0 Å². The second kappa shape index (κ2) is 6.56. The number of sulfonamides is 1. The van der Waals surface area contributed by atoms with Crippen LogP contribution in [0, 0.1) is 17.1 Å². The van der Waals surface area contributed by atoms with Crippen LogP contribution in [0.25, 0.3) is 4.72 Å². The Bertz CT molecular complexity index is 812. The molecule has 0 atom stereocenters. The van der Waals surface area contributed by atoms with Crippen molar-refractivity contribution in [1.82, 2.24) is 0 Å². The van der Waals surface area contributed by atoms with Crippen LogP contribution in [0.5, 0.6) is 0 Å². The zero-order chi connectivity index (χ0) is 16.2. The maximum atomic E-state index is 13.8. The SMILES string of the molecule is N#Cc1ccc([N-]S(=O)(=O)c2cc(CC[NH3+])ccc2F)cc1. The van der Waals surface area contributed by atoms with Gasteiger partial charge in [0.05, 0.1) is 23.1 Å². The number of nitriles is 1. The smallest absolute Gasteiger partial charge is 0.140 e. The van der Waals surface area contributed by atoms with Gasteiger partial charge in [-0.2, -0.15) is 5.26 Å². The van der Waals surface area contributed by atoms with Crippen LogP contribution in [0.2, 0.25) is 0 Å². The number of hydrogen-bond acceptors (Lipinski definition) is 3. The Morgan fingerprint density at radius 3 is 2.45 bits per heavy atom. The highest BCUT2D eigenvalue weighted by Gasteiger charge is 2.12. The van der Waals surface area contributed by atoms with E-state index in [1.807, 2.05) is 6.07 Å². The van der Waals surface area contributed by atoms with Gasteiger partial charge in [-0.25, -0.2) is 12.8 Å². The van der Waals surface area contributed by atoms with Crippen LogP contribution in [0.15, 0.2) is 47.4 Å². The summed E-state index contributed by atoms with van der Waals surface area (Å²) in [5.74, 6) is -0.842. The lowest BCUT2D eigenvalue weighted by molar-refractivity contribution is -0.366. The van der Waals surface area contributed by atoms with E-state index in [4.69, 9.17) is 5.26 Å². The van der Waals surface area contributed by atoms with Gasteiger partial charge in [0.2, 0.25) is 0 Å². The molecule has 0 bridgehead atoms. The minimum Gasteiger partial charge on any atom is -0.573 e. The molecule has 0 aliphatic carbocycles.